The molecule has 2 rings (SSSR count). The first kappa shape index (κ1) is 14.4. The molecule has 5 heteroatoms. The number of fused-ring (bicyclic) bond motifs is 1. The van der Waals surface area contributed by atoms with Gasteiger partial charge in [-0.1, -0.05) is 36.4 Å². The van der Waals surface area contributed by atoms with Gasteiger partial charge < -0.3 is 10.4 Å². The van der Waals surface area contributed by atoms with Crippen LogP contribution >= 0.6 is 11.8 Å². The molecule has 0 fully saturated rings. The molecule has 0 saturated heterocycles. The van der Waals surface area contributed by atoms with Gasteiger partial charge >= 0.3 is 5.97 Å². The highest BCUT2D eigenvalue weighted by Crippen LogP contribution is 2.23. The fourth-order valence-corrected chi connectivity index (χ4v) is 2.41. The van der Waals surface area contributed by atoms with E-state index in [1.54, 1.807) is 6.92 Å². The summed E-state index contributed by atoms with van der Waals surface area (Å²) in [4.78, 5) is 22.6. The maximum Gasteiger partial charge on any atom is 0.316 e. The lowest BCUT2D eigenvalue weighted by atomic mass is 10.1. The summed E-state index contributed by atoms with van der Waals surface area (Å²) >= 11 is 1.11. The van der Waals surface area contributed by atoms with Gasteiger partial charge in [-0.05, 0) is 18.4 Å². The molecular formula is C15H15NO3S. The molecule has 0 heterocycles. The van der Waals surface area contributed by atoms with E-state index in [4.69, 9.17) is 5.11 Å². The zero-order valence-electron chi connectivity index (χ0n) is 11.0. The smallest absolute Gasteiger partial charge is 0.316 e. The molecule has 0 aliphatic carbocycles. The van der Waals surface area contributed by atoms with Crippen molar-refractivity contribution in [3.05, 3.63) is 42.5 Å². The van der Waals surface area contributed by atoms with Crippen LogP contribution in [0.1, 0.15) is 6.92 Å². The van der Waals surface area contributed by atoms with E-state index >= 15 is 0 Å². The Hall–Kier alpha value is -2.01. The van der Waals surface area contributed by atoms with E-state index in [1.165, 1.54) is 0 Å². The lowest BCUT2D eigenvalue weighted by Gasteiger charge is -2.09. The van der Waals surface area contributed by atoms with E-state index < -0.39 is 11.2 Å². The maximum absolute atomic E-state index is 11.9. The third-order valence-corrected chi connectivity index (χ3v) is 4.01. The highest BCUT2D eigenvalue weighted by atomic mass is 32.2. The van der Waals surface area contributed by atoms with Crippen LogP contribution < -0.4 is 5.32 Å². The molecule has 0 radical (unpaired) electrons. The summed E-state index contributed by atoms with van der Waals surface area (Å²) in [5, 5.41) is 13.0. The molecule has 20 heavy (non-hydrogen) atoms. The number of carboxylic acids is 1. The molecule has 4 nitrogen and oxygen atoms in total. The van der Waals surface area contributed by atoms with Crippen LogP contribution in [-0.4, -0.2) is 28.0 Å². The van der Waals surface area contributed by atoms with E-state index in [9.17, 15) is 9.59 Å². The molecule has 104 valence electrons. The van der Waals surface area contributed by atoms with Crippen LogP contribution in [0.25, 0.3) is 10.8 Å². The summed E-state index contributed by atoms with van der Waals surface area (Å²) in [6.45, 7) is 1.57. The maximum atomic E-state index is 11.9. The van der Waals surface area contributed by atoms with Gasteiger partial charge in [0, 0.05) is 11.1 Å². The van der Waals surface area contributed by atoms with Gasteiger partial charge in [-0.3, -0.25) is 9.59 Å². The van der Waals surface area contributed by atoms with E-state index in [0.29, 0.717) is 0 Å². The number of anilines is 1. The Kier molecular flexibility index (Phi) is 4.63. The summed E-state index contributed by atoms with van der Waals surface area (Å²) in [5.74, 6) is -0.983. The first-order valence-corrected chi connectivity index (χ1v) is 7.25. The summed E-state index contributed by atoms with van der Waals surface area (Å²) in [7, 11) is 0. The first-order chi connectivity index (χ1) is 9.58. The second-order valence-corrected chi connectivity index (χ2v) is 5.70. The van der Waals surface area contributed by atoms with Crippen molar-refractivity contribution in [3.63, 3.8) is 0 Å². The highest BCUT2D eigenvalue weighted by molar-refractivity contribution is 8.01. The van der Waals surface area contributed by atoms with Gasteiger partial charge in [0.15, 0.2) is 0 Å². The second kappa shape index (κ2) is 6.43. The van der Waals surface area contributed by atoms with Gasteiger partial charge in [0.05, 0.1) is 11.0 Å². The summed E-state index contributed by atoms with van der Waals surface area (Å²) in [6, 6.07) is 13.5. The molecular weight excluding hydrogens is 274 g/mol. The predicted octanol–water partition coefficient (Wildman–Crippen LogP) is 2.98. The van der Waals surface area contributed by atoms with Gasteiger partial charge in [0.2, 0.25) is 5.91 Å². The zero-order valence-corrected chi connectivity index (χ0v) is 11.8. The average Bonchev–Trinajstić information content (AvgIpc) is 2.45. The number of carbonyl (C=O) groups is 2. The van der Waals surface area contributed by atoms with Crippen molar-refractivity contribution in [3.8, 4) is 0 Å². The Morgan fingerprint density at radius 3 is 2.65 bits per heavy atom. The molecule has 1 atom stereocenters. The van der Waals surface area contributed by atoms with Crippen molar-refractivity contribution < 1.29 is 14.7 Å². The standard InChI is InChI=1S/C15H15NO3S/c1-10(15(18)19)20-9-14(17)16-13-8-4-6-11-5-2-3-7-12(11)13/h2-8,10H,9H2,1H3,(H,16,17)(H,18,19)/t10-/m1/s1. The average molecular weight is 289 g/mol. The van der Waals surface area contributed by atoms with Gasteiger partial charge in [0.25, 0.3) is 0 Å². The van der Waals surface area contributed by atoms with E-state index in [1.807, 2.05) is 42.5 Å². The Balaban J connectivity index is 2.05. The predicted molar refractivity (Wildman–Crippen MR) is 82.1 cm³/mol. The molecule has 0 aliphatic heterocycles. The number of aliphatic carboxylic acids is 1. The van der Waals surface area contributed by atoms with Crippen LogP contribution in [0.4, 0.5) is 5.69 Å². The molecule has 2 N–H and O–H groups in total. The minimum Gasteiger partial charge on any atom is -0.480 e. The lowest BCUT2D eigenvalue weighted by Crippen LogP contribution is -2.19. The fraction of sp³-hybridized carbons (Fsp3) is 0.200. The van der Waals surface area contributed by atoms with Gasteiger partial charge in [-0.25, -0.2) is 0 Å². The van der Waals surface area contributed by atoms with Gasteiger partial charge in [-0.2, -0.15) is 0 Å². The summed E-state index contributed by atoms with van der Waals surface area (Å²) < 4.78 is 0. The summed E-state index contributed by atoms with van der Waals surface area (Å²) in [5.41, 5.74) is 0.747. The molecule has 2 aromatic carbocycles. The number of carboxylic acid groups (broad SMARTS) is 1. The number of hydrogen-bond donors (Lipinski definition) is 2. The van der Waals surface area contributed by atoms with E-state index in [-0.39, 0.29) is 11.7 Å². The van der Waals surface area contributed by atoms with Crippen LogP contribution in [0.5, 0.6) is 0 Å². The lowest BCUT2D eigenvalue weighted by molar-refractivity contribution is -0.136. The molecule has 0 aliphatic rings. The van der Waals surface area contributed by atoms with Gasteiger partial charge in [-0.15, -0.1) is 11.8 Å². The third-order valence-electron chi connectivity index (χ3n) is 2.88. The Bertz CT molecular complexity index is 637. The van der Waals surface area contributed by atoms with E-state index in [0.717, 1.165) is 28.2 Å². The second-order valence-electron chi connectivity index (χ2n) is 4.37. The number of amides is 1. The number of carbonyl (C=O) groups excluding carboxylic acids is 1. The molecule has 0 aromatic heterocycles. The molecule has 0 bridgehead atoms. The number of nitrogens with one attached hydrogen (secondary N) is 1. The SMILES string of the molecule is C[C@@H](SCC(=O)Nc1cccc2ccccc12)C(=O)O. The van der Waals surface area contributed by atoms with Crippen LogP contribution in [0, 0.1) is 0 Å². The van der Waals surface area contributed by atoms with Crippen LogP contribution in [0.15, 0.2) is 42.5 Å². The molecule has 0 saturated carbocycles. The van der Waals surface area contributed by atoms with Crippen molar-refractivity contribution in [2.75, 3.05) is 11.1 Å². The third kappa shape index (κ3) is 3.51. The minimum absolute atomic E-state index is 0.122. The Labute approximate surface area is 121 Å². The largest absolute Gasteiger partial charge is 0.480 e. The number of benzene rings is 2. The zero-order chi connectivity index (χ0) is 14.5. The van der Waals surface area contributed by atoms with E-state index in [2.05, 4.69) is 5.32 Å². The van der Waals surface area contributed by atoms with Crippen LogP contribution in [-0.2, 0) is 9.59 Å². The van der Waals surface area contributed by atoms with Crippen molar-refractivity contribution >= 4 is 40.1 Å². The Morgan fingerprint density at radius 1 is 1.20 bits per heavy atom. The molecule has 0 spiro atoms. The van der Waals surface area contributed by atoms with Crippen molar-refractivity contribution in [2.24, 2.45) is 0 Å². The monoisotopic (exact) mass is 289 g/mol. The minimum atomic E-state index is -0.909. The van der Waals surface area contributed by atoms with Crippen LogP contribution in [0.2, 0.25) is 0 Å². The number of rotatable bonds is 5. The quantitative estimate of drug-likeness (QED) is 0.888. The fourth-order valence-electron chi connectivity index (χ4n) is 1.79. The number of thioether (sulfide) groups is 1. The topological polar surface area (TPSA) is 66.4 Å². The number of hydrogen-bond acceptors (Lipinski definition) is 3. The van der Waals surface area contributed by atoms with Crippen molar-refractivity contribution in [1.82, 2.24) is 0 Å². The van der Waals surface area contributed by atoms with Gasteiger partial charge in [0.1, 0.15) is 0 Å². The molecule has 0 unspecified atom stereocenters. The summed E-state index contributed by atoms with van der Waals surface area (Å²) in [6.07, 6.45) is 0. The normalized spacial score (nSPS) is 12.1. The van der Waals surface area contributed by atoms with Crippen LogP contribution in [0.3, 0.4) is 0 Å². The van der Waals surface area contributed by atoms with Crippen molar-refractivity contribution in [2.45, 2.75) is 12.2 Å². The Morgan fingerprint density at radius 2 is 1.90 bits per heavy atom. The van der Waals surface area contributed by atoms with Crippen molar-refractivity contribution in [1.29, 1.82) is 0 Å². The highest BCUT2D eigenvalue weighted by Gasteiger charge is 2.14. The first-order valence-electron chi connectivity index (χ1n) is 6.20. The molecule has 1 amide bonds. The molecule has 2 aromatic rings.